The van der Waals surface area contributed by atoms with E-state index in [9.17, 15) is 0 Å². The summed E-state index contributed by atoms with van der Waals surface area (Å²) in [6.07, 6.45) is 0. The van der Waals surface area contributed by atoms with Gasteiger partial charge in [-0.25, -0.2) is 0 Å². The van der Waals surface area contributed by atoms with Crippen LogP contribution in [-0.2, 0) is 0 Å². The van der Waals surface area contributed by atoms with Crippen molar-refractivity contribution in [3.63, 3.8) is 0 Å². The van der Waals surface area contributed by atoms with Gasteiger partial charge in [0.1, 0.15) is 0 Å². The molecule has 204 valence electrons. The highest BCUT2D eigenvalue weighted by atomic mass is 15.0. The molecule has 7 aromatic carbocycles. The van der Waals surface area contributed by atoms with Crippen LogP contribution in [0.5, 0.6) is 0 Å². The Morgan fingerprint density at radius 1 is 0.364 bits per heavy atom. The quantitative estimate of drug-likeness (QED) is 0.203. The Morgan fingerprint density at radius 3 is 1.34 bits per heavy atom. The molecule has 0 amide bonds. The second-order valence-electron chi connectivity index (χ2n) is 11.2. The molecule has 0 N–H and O–H groups in total. The Bertz CT molecular complexity index is 2190. The second-order valence-corrected chi connectivity index (χ2v) is 11.2. The number of para-hydroxylation sites is 3. The molecule has 0 spiro atoms. The first kappa shape index (κ1) is 24.5. The van der Waals surface area contributed by atoms with Gasteiger partial charge in [0.2, 0.25) is 0 Å². The Morgan fingerprint density at radius 2 is 0.795 bits per heavy atom. The molecule has 0 aliphatic rings. The molecule has 44 heavy (non-hydrogen) atoms. The molecule has 2 aromatic heterocycles. The minimum absolute atomic E-state index is 1.10. The van der Waals surface area contributed by atoms with Gasteiger partial charge in [0.05, 0.1) is 27.5 Å². The maximum Gasteiger partial charge on any atom is 0.0631 e. The fourth-order valence-corrected chi connectivity index (χ4v) is 6.83. The van der Waals surface area contributed by atoms with Crippen LogP contribution in [0.4, 0.5) is 0 Å². The minimum Gasteiger partial charge on any atom is -0.309 e. The lowest BCUT2D eigenvalue weighted by Crippen LogP contribution is -1.94. The van der Waals surface area contributed by atoms with Crippen LogP contribution in [0, 0.1) is 12.1 Å². The van der Waals surface area contributed by atoms with Gasteiger partial charge in [-0.15, -0.1) is 0 Å². The molecule has 0 aliphatic heterocycles. The zero-order chi connectivity index (χ0) is 29.0. The maximum atomic E-state index is 3.33. The summed E-state index contributed by atoms with van der Waals surface area (Å²) in [5.41, 5.74) is 11.9. The maximum absolute atomic E-state index is 3.33. The number of fused-ring (bicyclic) bond motifs is 6. The zero-order valence-corrected chi connectivity index (χ0v) is 23.9. The molecule has 0 aliphatic carbocycles. The van der Waals surface area contributed by atoms with Crippen molar-refractivity contribution in [2.24, 2.45) is 0 Å². The van der Waals surface area contributed by atoms with Gasteiger partial charge >= 0.3 is 0 Å². The third-order valence-electron chi connectivity index (χ3n) is 8.81. The molecule has 2 heteroatoms. The molecule has 0 bridgehead atoms. The molecule has 0 fully saturated rings. The van der Waals surface area contributed by atoms with Crippen molar-refractivity contribution in [2.45, 2.75) is 0 Å². The number of nitrogens with zero attached hydrogens (tertiary/aromatic N) is 2. The van der Waals surface area contributed by atoms with Crippen LogP contribution in [0.25, 0.3) is 77.2 Å². The lowest BCUT2D eigenvalue weighted by molar-refractivity contribution is 1.18. The van der Waals surface area contributed by atoms with E-state index in [2.05, 4.69) is 173 Å². The summed E-state index contributed by atoms with van der Waals surface area (Å²) < 4.78 is 4.68. The lowest BCUT2D eigenvalue weighted by Gasteiger charge is -2.13. The summed E-state index contributed by atoms with van der Waals surface area (Å²) in [7, 11) is 0. The standard InChI is InChI=1S/C42H26N2/c1-2-12-34(30-23-27-32(28-24-30)44-41-19-9-5-15-37(41)38-16-6-10-20-42(38)44)33(11-1)29-21-25-31(26-22-29)43-39-17-7-3-13-35(39)36-14-4-8-18-40(36)43/h1-5,7-15,17-28H. The van der Waals surface area contributed by atoms with E-state index in [0.717, 1.165) is 22.3 Å². The summed E-state index contributed by atoms with van der Waals surface area (Å²) in [6.45, 7) is 0. The summed E-state index contributed by atoms with van der Waals surface area (Å²) >= 11 is 0. The highest BCUT2D eigenvalue weighted by molar-refractivity contribution is 6.09. The molecular weight excluding hydrogens is 532 g/mol. The van der Waals surface area contributed by atoms with Crippen LogP contribution in [-0.4, -0.2) is 9.13 Å². The molecule has 2 nitrogen and oxygen atoms in total. The van der Waals surface area contributed by atoms with Crippen LogP contribution in [0.3, 0.4) is 0 Å². The lowest BCUT2D eigenvalue weighted by atomic mass is 9.94. The van der Waals surface area contributed by atoms with Crippen LogP contribution < -0.4 is 0 Å². The van der Waals surface area contributed by atoms with Gasteiger partial charge in [0.15, 0.2) is 0 Å². The largest absolute Gasteiger partial charge is 0.309 e. The summed E-state index contributed by atoms with van der Waals surface area (Å²) in [6, 6.07) is 62.9. The number of benzene rings is 6. The monoisotopic (exact) mass is 558 g/mol. The molecular formula is C42H26N2. The van der Waals surface area contributed by atoms with Crippen molar-refractivity contribution in [1.82, 2.24) is 9.13 Å². The van der Waals surface area contributed by atoms with Crippen LogP contribution in [0.15, 0.2) is 158 Å². The molecule has 0 radical (unpaired) electrons. The topological polar surface area (TPSA) is 9.86 Å². The van der Waals surface area contributed by atoms with E-state index in [1.807, 2.05) is 6.07 Å². The van der Waals surface area contributed by atoms with Crippen LogP contribution in [0.1, 0.15) is 0 Å². The number of hydrogen-bond acceptors (Lipinski definition) is 0. The van der Waals surface area contributed by atoms with Gasteiger partial charge in [-0.3, -0.25) is 0 Å². The fraction of sp³-hybridized carbons (Fsp3) is 0. The Labute approximate surface area is 255 Å². The van der Waals surface area contributed by atoms with E-state index in [1.54, 1.807) is 0 Å². The Kier molecular flexibility index (Phi) is 5.45. The van der Waals surface area contributed by atoms with Crippen molar-refractivity contribution in [3.8, 4) is 33.6 Å². The summed E-state index contributed by atoms with van der Waals surface area (Å²) in [5.74, 6) is 0. The zero-order valence-electron chi connectivity index (χ0n) is 23.9. The van der Waals surface area contributed by atoms with Gasteiger partial charge in [-0.1, -0.05) is 115 Å². The van der Waals surface area contributed by atoms with Crippen molar-refractivity contribution in [1.29, 1.82) is 0 Å². The highest BCUT2D eigenvalue weighted by Crippen LogP contribution is 2.36. The molecule has 9 rings (SSSR count). The third-order valence-corrected chi connectivity index (χ3v) is 8.81. The summed E-state index contributed by atoms with van der Waals surface area (Å²) in [5, 5.41) is 4.84. The number of aromatic nitrogens is 2. The van der Waals surface area contributed by atoms with Crippen LogP contribution >= 0.6 is 0 Å². The normalized spacial score (nSPS) is 11.5. The first-order chi connectivity index (χ1) is 21.8. The van der Waals surface area contributed by atoms with Crippen molar-refractivity contribution >= 4 is 43.6 Å². The first-order valence-corrected chi connectivity index (χ1v) is 15.0. The average Bonchev–Trinajstić information content (AvgIpc) is 3.62. The minimum atomic E-state index is 1.10. The van der Waals surface area contributed by atoms with Gasteiger partial charge in [0.25, 0.3) is 0 Å². The van der Waals surface area contributed by atoms with Crippen LogP contribution in [0.2, 0.25) is 0 Å². The van der Waals surface area contributed by atoms with E-state index in [1.165, 1.54) is 55.0 Å². The van der Waals surface area contributed by atoms with E-state index in [4.69, 9.17) is 0 Å². The molecule has 0 unspecified atom stereocenters. The van der Waals surface area contributed by atoms with E-state index in [0.29, 0.717) is 0 Å². The predicted molar refractivity (Wildman–Crippen MR) is 184 cm³/mol. The van der Waals surface area contributed by atoms with E-state index >= 15 is 0 Å². The Hall–Kier alpha value is -6.04. The molecule has 0 saturated heterocycles. The molecule has 0 atom stereocenters. The molecule has 0 saturated carbocycles. The Balaban J connectivity index is 1.11. The smallest absolute Gasteiger partial charge is 0.0631 e. The van der Waals surface area contributed by atoms with Gasteiger partial charge in [-0.2, -0.15) is 0 Å². The number of rotatable bonds is 4. The van der Waals surface area contributed by atoms with Crippen molar-refractivity contribution in [2.75, 3.05) is 0 Å². The SMILES string of the molecule is c1ccc2c(c#1)c1ccccc1n2-c1ccc(-c2ccccc2-c2ccc(-n3c4ccccc4c4ccccc43)cc2)cc1. The fourth-order valence-electron chi connectivity index (χ4n) is 6.83. The molecule has 9 aromatic rings. The van der Waals surface area contributed by atoms with Crippen molar-refractivity contribution in [3.05, 3.63) is 170 Å². The second kappa shape index (κ2) is 9.76. The first-order valence-electron chi connectivity index (χ1n) is 15.0. The van der Waals surface area contributed by atoms with Gasteiger partial charge in [0, 0.05) is 27.5 Å². The predicted octanol–water partition coefficient (Wildman–Crippen LogP) is 10.8. The summed E-state index contributed by atoms with van der Waals surface area (Å²) in [4.78, 5) is 0. The number of hydrogen-bond donors (Lipinski definition) is 0. The third kappa shape index (κ3) is 3.70. The van der Waals surface area contributed by atoms with Crippen molar-refractivity contribution < 1.29 is 0 Å². The van der Waals surface area contributed by atoms with Gasteiger partial charge in [-0.05, 0) is 76.9 Å². The van der Waals surface area contributed by atoms with E-state index < -0.39 is 0 Å². The van der Waals surface area contributed by atoms with E-state index in [-0.39, 0.29) is 0 Å². The molecule has 2 heterocycles. The highest BCUT2D eigenvalue weighted by Gasteiger charge is 2.14. The average molecular weight is 559 g/mol. The van der Waals surface area contributed by atoms with Gasteiger partial charge < -0.3 is 9.13 Å².